The van der Waals surface area contributed by atoms with Crippen LogP contribution in [-0.4, -0.2) is 5.91 Å². The molecule has 0 heterocycles. The van der Waals surface area contributed by atoms with Gasteiger partial charge < -0.3 is 5.32 Å². The Labute approximate surface area is 108 Å². The van der Waals surface area contributed by atoms with E-state index in [2.05, 4.69) is 12.2 Å². The van der Waals surface area contributed by atoms with Crippen LogP contribution < -0.4 is 5.32 Å². The Bertz CT molecular complexity index is 476. The lowest BCUT2D eigenvalue weighted by atomic mass is 10.0. The topological polar surface area (TPSA) is 29.1 Å². The summed E-state index contributed by atoms with van der Waals surface area (Å²) in [5.41, 5.74) is 2.18. The lowest BCUT2D eigenvalue weighted by molar-refractivity contribution is -0.118. The van der Waals surface area contributed by atoms with Crippen LogP contribution >= 0.6 is 0 Å². The second kappa shape index (κ2) is 3.59. The van der Waals surface area contributed by atoms with Crippen LogP contribution in [0, 0.1) is 36.5 Å². The summed E-state index contributed by atoms with van der Waals surface area (Å²) in [6.45, 7) is 2.06. The van der Waals surface area contributed by atoms with Crippen molar-refractivity contribution in [3.8, 4) is 0 Å². The quantitative estimate of drug-likeness (QED) is 0.846. The van der Waals surface area contributed by atoms with E-state index in [1.54, 1.807) is 0 Å². The standard InChI is InChI=1S/C16H19NO/c1-9-2-6-12(7-3-9)17-16(18)15-13-10-4-5-11(8-10)14(13)15/h2-3,6-7,10-11,13-15H,4-5,8H2,1H3,(H,17,18)/t10-,11+,13+,14-,15?. The summed E-state index contributed by atoms with van der Waals surface area (Å²) < 4.78 is 0. The number of hydrogen-bond acceptors (Lipinski definition) is 1. The average molecular weight is 241 g/mol. The second-order valence-corrected chi connectivity index (χ2v) is 6.37. The molecule has 0 aliphatic heterocycles. The summed E-state index contributed by atoms with van der Waals surface area (Å²) in [6, 6.07) is 8.10. The molecule has 1 aromatic rings. The molecule has 1 unspecified atom stereocenters. The first kappa shape index (κ1) is 10.6. The molecule has 2 heteroatoms. The zero-order valence-electron chi connectivity index (χ0n) is 10.7. The van der Waals surface area contributed by atoms with Crippen molar-refractivity contribution < 1.29 is 4.79 Å². The summed E-state index contributed by atoms with van der Waals surface area (Å²) in [7, 11) is 0. The van der Waals surface area contributed by atoms with E-state index in [1.165, 1.54) is 24.8 Å². The van der Waals surface area contributed by atoms with Crippen LogP contribution in [0.4, 0.5) is 5.69 Å². The summed E-state index contributed by atoms with van der Waals surface area (Å²) in [5.74, 6) is 3.80. The molecule has 4 rings (SSSR count). The molecule has 3 saturated carbocycles. The van der Waals surface area contributed by atoms with Crippen molar-refractivity contribution in [1.29, 1.82) is 0 Å². The number of carbonyl (C=O) groups excluding carboxylic acids is 1. The molecule has 1 N–H and O–H groups in total. The van der Waals surface area contributed by atoms with Crippen LogP contribution in [0.1, 0.15) is 24.8 Å². The number of benzene rings is 1. The highest BCUT2D eigenvalue weighted by molar-refractivity contribution is 5.95. The molecule has 18 heavy (non-hydrogen) atoms. The number of nitrogens with one attached hydrogen (secondary N) is 1. The molecule has 0 saturated heterocycles. The first-order valence-corrected chi connectivity index (χ1v) is 7.11. The van der Waals surface area contributed by atoms with Crippen LogP contribution in [0.25, 0.3) is 0 Å². The maximum atomic E-state index is 12.3. The predicted molar refractivity (Wildman–Crippen MR) is 71.1 cm³/mol. The van der Waals surface area contributed by atoms with Crippen molar-refractivity contribution in [3.05, 3.63) is 29.8 Å². The largest absolute Gasteiger partial charge is 0.326 e. The van der Waals surface area contributed by atoms with Gasteiger partial charge in [-0.15, -0.1) is 0 Å². The second-order valence-electron chi connectivity index (χ2n) is 6.37. The molecule has 1 amide bonds. The van der Waals surface area contributed by atoms with Gasteiger partial charge in [0.2, 0.25) is 5.91 Å². The molecular formula is C16H19NO. The Balaban J connectivity index is 1.45. The lowest BCUT2D eigenvalue weighted by Gasteiger charge is -2.09. The number of hydrogen-bond donors (Lipinski definition) is 1. The van der Waals surface area contributed by atoms with Crippen LogP contribution in [0.2, 0.25) is 0 Å². The molecular weight excluding hydrogens is 222 g/mol. The molecule has 2 nitrogen and oxygen atoms in total. The lowest BCUT2D eigenvalue weighted by Crippen LogP contribution is -2.18. The molecule has 2 bridgehead atoms. The maximum Gasteiger partial charge on any atom is 0.228 e. The van der Waals surface area contributed by atoms with E-state index in [9.17, 15) is 4.79 Å². The highest BCUT2D eigenvalue weighted by Crippen LogP contribution is 2.69. The van der Waals surface area contributed by atoms with E-state index in [0.717, 1.165) is 29.4 Å². The summed E-state index contributed by atoms with van der Waals surface area (Å²) in [6.07, 6.45) is 4.16. The van der Waals surface area contributed by atoms with Crippen molar-refractivity contribution in [1.82, 2.24) is 0 Å². The van der Waals surface area contributed by atoms with Gasteiger partial charge in [0.25, 0.3) is 0 Å². The van der Waals surface area contributed by atoms with Gasteiger partial charge in [0.1, 0.15) is 0 Å². The molecule has 3 aliphatic carbocycles. The third-order valence-electron chi connectivity index (χ3n) is 5.36. The molecule has 0 spiro atoms. The third-order valence-corrected chi connectivity index (χ3v) is 5.36. The fourth-order valence-corrected chi connectivity index (χ4v) is 4.54. The highest BCUT2D eigenvalue weighted by Gasteiger charge is 2.67. The van der Waals surface area contributed by atoms with Crippen LogP contribution in [0.3, 0.4) is 0 Å². The van der Waals surface area contributed by atoms with E-state index in [1.807, 2.05) is 24.3 Å². The maximum absolute atomic E-state index is 12.3. The fraction of sp³-hybridized carbons (Fsp3) is 0.562. The molecule has 3 aliphatic rings. The number of fused-ring (bicyclic) bond motifs is 5. The zero-order chi connectivity index (χ0) is 12.3. The molecule has 5 atom stereocenters. The number of carbonyl (C=O) groups is 1. The minimum absolute atomic E-state index is 0.269. The number of aryl methyl sites for hydroxylation is 1. The fourth-order valence-electron chi connectivity index (χ4n) is 4.54. The zero-order valence-corrected chi connectivity index (χ0v) is 10.7. The van der Waals surface area contributed by atoms with Gasteiger partial charge in [-0.3, -0.25) is 4.79 Å². The van der Waals surface area contributed by atoms with Crippen molar-refractivity contribution in [3.63, 3.8) is 0 Å². The number of anilines is 1. The Kier molecular flexibility index (Phi) is 2.12. The smallest absolute Gasteiger partial charge is 0.228 e. The van der Waals surface area contributed by atoms with Gasteiger partial charge in [0, 0.05) is 11.6 Å². The predicted octanol–water partition coefficient (Wildman–Crippen LogP) is 3.23. The average Bonchev–Trinajstić information content (AvgIpc) is 2.82. The van der Waals surface area contributed by atoms with E-state index >= 15 is 0 Å². The van der Waals surface area contributed by atoms with Crippen LogP contribution in [0.15, 0.2) is 24.3 Å². The van der Waals surface area contributed by atoms with E-state index < -0.39 is 0 Å². The minimum Gasteiger partial charge on any atom is -0.326 e. The van der Waals surface area contributed by atoms with Crippen molar-refractivity contribution in [2.75, 3.05) is 5.32 Å². The van der Waals surface area contributed by atoms with Gasteiger partial charge in [-0.2, -0.15) is 0 Å². The first-order valence-electron chi connectivity index (χ1n) is 7.11. The Morgan fingerprint density at radius 3 is 2.33 bits per heavy atom. The Morgan fingerprint density at radius 2 is 1.72 bits per heavy atom. The first-order chi connectivity index (χ1) is 8.74. The van der Waals surface area contributed by atoms with Crippen molar-refractivity contribution >= 4 is 11.6 Å². The molecule has 1 aromatic carbocycles. The van der Waals surface area contributed by atoms with Crippen LogP contribution in [0.5, 0.6) is 0 Å². The molecule has 3 fully saturated rings. The Hall–Kier alpha value is -1.31. The number of amides is 1. The summed E-state index contributed by atoms with van der Waals surface area (Å²) in [5, 5.41) is 3.09. The van der Waals surface area contributed by atoms with Crippen molar-refractivity contribution in [2.45, 2.75) is 26.2 Å². The molecule has 0 aromatic heterocycles. The van der Waals surface area contributed by atoms with Gasteiger partial charge in [-0.25, -0.2) is 0 Å². The van der Waals surface area contributed by atoms with Gasteiger partial charge in [-0.05, 0) is 62.0 Å². The van der Waals surface area contributed by atoms with E-state index in [-0.39, 0.29) is 5.91 Å². The normalized spacial score (nSPS) is 39.5. The molecule has 0 radical (unpaired) electrons. The minimum atomic E-state index is 0.269. The monoisotopic (exact) mass is 241 g/mol. The third kappa shape index (κ3) is 1.44. The Morgan fingerprint density at radius 1 is 1.11 bits per heavy atom. The van der Waals surface area contributed by atoms with Gasteiger partial charge in [0.05, 0.1) is 0 Å². The molecule has 94 valence electrons. The van der Waals surface area contributed by atoms with Crippen LogP contribution in [-0.2, 0) is 4.79 Å². The van der Waals surface area contributed by atoms with Gasteiger partial charge >= 0.3 is 0 Å². The summed E-state index contributed by atoms with van der Waals surface area (Å²) >= 11 is 0. The van der Waals surface area contributed by atoms with E-state index in [4.69, 9.17) is 0 Å². The highest BCUT2D eigenvalue weighted by atomic mass is 16.2. The van der Waals surface area contributed by atoms with Crippen molar-refractivity contribution in [2.24, 2.45) is 29.6 Å². The SMILES string of the molecule is Cc1ccc(NC(=O)C2[C@@H]3[C@H]4CC[C@H](C4)[C@H]23)cc1. The van der Waals surface area contributed by atoms with Gasteiger partial charge in [-0.1, -0.05) is 17.7 Å². The summed E-state index contributed by atoms with van der Waals surface area (Å²) in [4.78, 5) is 12.3. The van der Waals surface area contributed by atoms with E-state index in [0.29, 0.717) is 5.92 Å². The number of rotatable bonds is 2. The van der Waals surface area contributed by atoms with Gasteiger partial charge in [0.15, 0.2) is 0 Å².